The summed E-state index contributed by atoms with van der Waals surface area (Å²) in [6, 6.07) is 0. The molecule has 4 nitrogen and oxygen atoms in total. The van der Waals surface area contributed by atoms with Crippen LogP contribution in [0.15, 0.2) is 24.3 Å². The number of hydrogen-bond donors (Lipinski definition) is 1. The predicted molar refractivity (Wildman–Crippen MR) is 130 cm³/mol. The Bertz CT molecular complexity index is 482. The number of ether oxygens (including phenoxy) is 1. The second-order valence-corrected chi connectivity index (χ2v) is 8.54. The van der Waals surface area contributed by atoms with Crippen molar-refractivity contribution in [3.8, 4) is 0 Å². The molecular formula is C27H48O4. The van der Waals surface area contributed by atoms with E-state index in [1.807, 2.05) is 0 Å². The van der Waals surface area contributed by atoms with Crippen LogP contribution < -0.4 is 0 Å². The van der Waals surface area contributed by atoms with Gasteiger partial charge in [-0.25, -0.2) is 0 Å². The quantitative estimate of drug-likeness (QED) is 0.106. The highest BCUT2D eigenvalue weighted by atomic mass is 16.5. The highest BCUT2D eigenvalue weighted by Crippen LogP contribution is 2.14. The molecule has 0 heterocycles. The van der Waals surface area contributed by atoms with E-state index in [0.717, 1.165) is 51.4 Å². The molecular weight excluding hydrogens is 388 g/mol. The Morgan fingerprint density at radius 3 is 1.90 bits per heavy atom. The Balaban J connectivity index is 3.60. The van der Waals surface area contributed by atoms with E-state index in [-0.39, 0.29) is 12.4 Å². The van der Waals surface area contributed by atoms with Crippen LogP contribution in [-0.4, -0.2) is 23.1 Å². The minimum atomic E-state index is -0.900. The highest BCUT2D eigenvalue weighted by molar-refractivity contribution is 5.71. The van der Waals surface area contributed by atoms with Crippen molar-refractivity contribution in [2.45, 2.75) is 136 Å². The van der Waals surface area contributed by atoms with Gasteiger partial charge in [0, 0.05) is 6.42 Å². The Morgan fingerprint density at radius 2 is 1.29 bits per heavy atom. The van der Waals surface area contributed by atoms with Gasteiger partial charge in [0.25, 0.3) is 0 Å². The summed E-state index contributed by atoms with van der Waals surface area (Å²) in [4.78, 5) is 22.9. The lowest BCUT2D eigenvalue weighted by molar-refractivity contribution is -0.153. The monoisotopic (exact) mass is 436 g/mol. The Labute approximate surface area is 191 Å². The average Bonchev–Trinajstić information content (AvgIpc) is 2.73. The lowest BCUT2D eigenvalue weighted by Gasteiger charge is -2.16. The van der Waals surface area contributed by atoms with Gasteiger partial charge in [0.05, 0.1) is 6.42 Å². The van der Waals surface area contributed by atoms with Gasteiger partial charge < -0.3 is 9.84 Å². The molecule has 4 heteroatoms. The normalized spacial score (nSPS) is 12.6. The fraction of sp³-hybridized carbons (Fsp3) is 0.778. The molecule has 0 rings (SSSR count). The molecule has 0 spiro atoms. The van der Waals surface area contributed by atoms with Crippen LogP contribution >= 0.6 is 0 Å². The standard InChI is InChI=1S/C27H48O4/c1-3-5-7-8-9-10-11-12-13-14-15-16-17-18-19-21-23-27(30)31-25(24-26(28)29)22-20-6-4-2/h9-10,12-13,25H,3-8,11,14-24H2,1-2H3,(H,28,29)/b10-9-,13-12-. The Kier molecular flexibility index (Phi) is 21.9. The van der Waals surface area contributed by atoms with Crippen molar-refractivity contribution in [2.24, 2.45) is 0 Å². The van der Waals surface area contributed by atoms with Gasteiger partial charge in [0.1, 0.15) is 6.10 Å². The van der Waals surface area contributed by atoms with E-state index in [9.17, 15) is 9.59 Å². The number of aliphatic carboxylic acids is 1. The van der Waals surface area contributed by atoms with E-state index < -0.39 is 12.1 Å². The third-order valence-corrected chi connectivity index (χ3v) is 5.41. The van der Waals surface area contributed by atoms with E-state index in [0.29, 0.717) is 12.8 Å². The molecule has 0 aliphatic heterocycles. The molecule has 0 aromatic rings. The van der Waals surface area contributed by atoms with Crippen LogP contribution in [0, 0.1) is 0 Å². The average molecular weight is 437 g/mol. The molecule has 0 saturated carbocycles. The number of esters is 1. The zero-order valence-electron chi connectivity index (χ0n) is 20.3. The first-order valence-electron chi connectivity index (χ1n) is 12.8. The van der Waals surface area contributed by atoms with Crippen molar-refractivity contribution >= 4 is 11.9 Å². The van der Waals surface area contributed by atoms with E-state index >= 15 is 0 Å². The molecule has 0 bridgehead atoms. The van der Waals surface area contributed by atoms with Crippen molar-refractivity contribution in [2.75, 3.05) is 0 Å². The van der Waals surface area contributed by atoms with Gasteiger partial charge in [0.15, 0.2) is 0 Å². The second-order valence-electron chi connectivity index (χ2n) is 8.54. The summed E-state index contributed by atoms with van der Waals surface area (Å²) < 4.78 is 5.40. The number of hydrogen-bond acceptors (Lipinski definition) is 3. The smallest absolute Gasteiger partial charge is 0.307 e. The summed E-state index contributed by atoms with van der Waals surface area (Å²) >= 11 is 0. The van der Waals surface area contributed by atoms with Crippen LogP contribution in [0.1, 0.15) is 129 Å². The minimum absolute atomic E-state index is 0.0842. The Hall–Kier alpha value is -1.58. The molecule has 1 N–H and O–H groups in total. The van der Waals surface area contributed by atoms with Gasteiger partial charge in [-0.15, -0.1) is 0 Å². The van der Waals surface area contributed by atoms with Crippen molar-refractivity contribution in [3.05, 3.63) is 24.3 Å². The third kappa shape index (κ3) is 22.9. The molecule has 31 heavy (non-hydrogen) atoms. The van der Waals surface area contributed by atoms with Crippen LogP contribution in [0.2, 0.25) is 0 Å². The van der Waals surface area contributed by atoms with Crippen molar-refractivity contribution in [1.29, 1.82) is 0 Å². The van der Waals surface area contributed by atoms with Crippen LogP contribution in [0.5, 0.6) is 0 Å². The summed E-state index contributed by atoms with van der Waals surface area (Å²) in [7, 11) is 0. The maximum atomic E-state index is 12.0. The second kappa shape index (κ2) is 23.1. The predicted octanol–water partition coefficient (Wildman–Crippen LogP) is 8.16. The summed E-state index contributed by atoms with van der Waals surface area (Å²) in [5, 5.41) is 8.98. The SMILES string of the molecule is CCCCC/C=C\C/C=C\CCCCCCCCC(=O)OC(CCCCC)CC(=O)O. The van der Waals surface area contributed by atoms with E-state index in [2.05, 4.69) is 38.2 Å². The zero-order valence-corrected chi connectivity index (χ0v) is 20.3. The molecule has 0 fully saturated rings. The molecule has 0 amide bonds. The minimum Gasteiger partial charge on any atom is -0.481 e. The van der Waals surface area contributed by atoms with E-state index in [1.54, 1.807) is 0 Å². The topological polar surface area (TPSA) is 63.6 Å². The van der Waals surface area contributed by atoms with Crippen LogP contribution in [0.4, 0.5) is 0 Å². The molecule has 0 saturated heterocycles. The largest absolute Gasteiger partial charge is 0.481 e. The molecule has 0 aromatic carbocycles. The van der Waals surface area contributed by atoms with Gasteiger partial charge in [-0.05, 0) is 51.4 Å². The summed E-state index contributed by atoms with van der Waals surface area (Å²) in [5.41, 5.74) is 0. The summed E-state index contributed by atoms with van der Waals surface area (Å²) in [6.07, 6.45) is 26.7. The number of carboxylic acid groups (broad SMARTS) is 1. The van der Waals surface area contributed by atoms with E-state index in [1.165, 1.54) is 44.9 Å². The number of carbonyl (C=O) groups is 2. The fourth-order valence-electron chi connectivity index (χ4n) is 3.52. The Morgan fingerprint density at radius 1 is 0.742 bits per heavy atom. The summed E-state index contributed by atoms with van der Waals surface area (Å²) in [5.74, 6) is -1.14. The number of carboxylic acids is 1. The first kappa shape index (κ1) is 29.4. The van der Waals surface area contributed by atoms with Gasteiger partial charge >= 0.3 is 11.9 Å². The highest BCUT2D eigenvalue weighted by Gasteiger charge is 2.17. The lowest BCUT2D eigenvalue weighted by Crippen LogP contribution is -2.21. The van der Waals surface area contributed by atoms with Gasteiger partial charge in [-0.2, -0.15) is 0 Å². The molecule has 180 valence electrons. The fourth-order valence-corrected chi connectivity index (χ4v) is 3.52. The maximum absolute atomic E-state index is 12.0. The molecule has 0 radical (unpaired) electrons. The molecule has 0 aromatic heterocycles. The molecule has 0 aliphatic rings. The third-order valence-electron chi connectivity index (χ3n) is 5.41. The van der Waals surface area contributed by atoms with E-state index in [4.69, 9.17) is 9.84 Å². The van der Waals surface area contributed by atoms with Crippen LogP contribution in [-0.2, 0) is 14.3 Å². The van der Waals surface area contributed by atoms with Gasteiger partial charge in [-0.1, -0.05) is 89.5 Å². The number of unbranched alkanes of at least 4 members (excludes halogenated alkanes) is 11. The van der Waals surface area contributed by atoms with Crippen molar-refractivity contribution in [1.82, 2.24) is 0 Å². The molecule has 1 atom stereocenters. The molecule has 1 unspecified atom stereocenters. The van der Waals surface area contributed by atoms with Crippen molar-refractivity contribution in [3.63, 3.8) is 0 Å². The van der Waals surface area contributed by atoms with Crippen molar-refractivity contribution < 1.29 is 19.4 Å². The maximum Gasteiger partial charge on any atom is 0.307 e. The summed E-state index contributed by atoms with van der Waals surface area (Å²) in [6.45, 7) is 4.34. The van der Waals surface area contributed by atoms with Crippen LogP contribution in [0.25, 0.3) is 0 Å². The van der Waals surface area contributed by atoms with Gasteiger partial charge in [-0.3, -0.25) is 9.59 Å². The first-order chi connectivity index (χ1) is 15.1. The molecule has 0 aliphatic carbocycles. The first-order valence-corrected chi connectivity index (χ1v) is 12.8. The lowest BCUT2D eigenvalue weighted by atomic mass is 10.1. The number of carbonyl (C=O) groups excluding carboxylic acids is 1. The number of rotatable bonds is 22. The zero-order chi connectivity index (χ0) is 23.0. The van der Waals surface area contributed by atoms with Gasteiger partial charge in [0.2, 0.25) is 0 Å². The van der Waals surface area contributed by atoms with Crippen LogP contribution in [0.3, 0.4) is 0 Å². The number of allylic oxidation sites excluding steroid dienone is 4.